The van der Waals surface area contributed by atoms with Gasteiger partial charge in [0.25, 0.3) is 0 Å². The van der Waals surface area contributed by atoms with Gasteiger partial charge >= 0.3 is 165 Å². The van der Waals surface area contributed by atoms with E-state index < -0.39 is 62.4 Å². The van der Waals surface area contributed by atoms with Crippen molar-refractivity contribution in [3.63, 3.8) is 0 Å². The molecular weight excluding hydrogens is 655 g/mol. The van der Waals surface area contributed by atoms with Crippen molar-refractivity contribution in [1.29, 1.82) is 0 Å². The summed E-state index contributed by atoms with van der Waals surface area (Å²) in [6, 6.07) is 0. The third-order valence-electron chi connectivity index (χ3n) is 0. The molecule has 0 aromatic carbocycles. The van der Waals surface area contributed by atoms with Crippen molar-refractivity contribution in [2.45, 2.75) is 0 Å². The topological polar surface area (TPSA) is 448 Å². The Bertz CT molecular complexity index is 764. The van der Waals surface area contributed by atoms with Gasteiger partial charge in [0.05, 0.1) is 0 Å². The van der Waals surface area contributed by atoms with Crippen LogP contribution in [0.25, 0.3) is 0 Å². The molecular formula is H14K2O24S6. The summed E-state index contributed by atoms with van der Waals surface area (Å²) in [6.45, 7) is 0. The first-order valence-corrected chi connectivity index (χ1v) is 12.6. The SMILES string of the molecule is O=S(=O)(O)O.O=S(=O)(O)O.O=S(=O)(O)O.O=S(=O)(O)O.O=S(=O)(O)O.O=S(=O)(O)O.[KH].[KH]. The Morgan fingerprint density at radius 1 is 0.219 bits per heavy atom. The molecule has 32 heteroatoms. The predicted octanol–water partition coefficient (Wildman–Crippen LogP) is -5.21. The summed E-state index contributed by atoms with van der Waals surface area (Å²) >= 11 is 0. The van der Waals surface area contributed by atoms with Crippen molar-refractivity contribution in [3.8, 4) is 0 Å². The number of hydrogen-bond acceptors (Lipinski definition) is 12. The molecule has 32 heavy (non-hydrogen) atoms. The maximum atomic E-state index is 8.74. The third-order valence-corrected chi connectivity index (χ3v) is 0. The van der Waals surface area contributed by atoms with Crippen LogP contribution in [-0.4, -0.2) is 208 Å². The molecule has 0 unspecified atom stereocenters. The van der Waals surface area contributed by atoms with Crippen LogP contribution in [0.5, 0.6) is 0 Å². The average Bonchev–Trinajstić information content (AvgIpc) is 1.94. The molecule has 0 amide bonds. The first-order valence-electron chi connectivity index (χ1n) is 4.19. The van der Waals surface area contributed by atoms with Gasteiger partial charge in [-0.25, -0.2) is 0 Å². The second-order valence-electron chi connectivity index (χ2n) is 2.69. The van der Waals surface area contributed by atoms with E-state index >= 15 is 0 Å². The average molecular weight is 669 g/mol. The fraction of sp³-hybridized carbons (Fsp3) is 0. The van der Waals surface area contributed by atoms with E-state index in [0.29, 0.717) is 0 Å². The normalized spacial score (nSPS) is 10.9. The quantitative estimate of drug-likeness (QED) is 0.0847. The minimum atomic E-state index is -4.67. The van der Waals surface area contributed by atoms with Crippen molar-refractivity contribution in [2.24, 2.45) is 0 Å². The van der Waals surface area contributed by atoms with Crippen LogP contribution in [0.1, 0.15) is 0 Å². The maximum absolute atomic E-state index is 8.74. The number of hydrogen-bond donors (Lipinski definition) is 12. The van der Waals surface area contributed by atoms with E-state index in [4.69, 9.17) is 105 Å². The summed E-state index contributed by atoms with van der Waals surface area (Å²) < 4.78 is 190. The summed E-state index contributed by atoms with van der Waals surface area (Å²) in [5.41, 5.74) is 0. The zero-order valence-electron chi connectivity index (χ0n) is 12.7. The molecule has 0 saturated carbocycles. The van der Waals surface area contributed by atoms with Gasteiger partial charge in [-0.1, -0.05) is 0 Å². The molecule has 0 spiro atoms. The van der Waals surface area contributed by atoms with Gasteiger partial charge in [0.1, 0.15) is 0 Å². The van der Waals surface area contributed by atoms with Gasteiger partial charge in [-0.2, -0.15) is 50.5 Å². The van der Waals surface area contributed by atoms with Crippen LogP contribution in [0.2, 0.25) is 0 Å². The predicted molar refractivity (Wildman–Crippen MR) is 99.4 cm³/mol. The molecule has 0 aromatic rings. The van der Waals surface area contributed by atoms with E-state index in [1.165, 1.54) is 0 Å². The molecule has 0 aliphatic rings. The molecule has 0 rings (SSSR count). The Balaban J connectivity index is -0.0000000356. The molecule has 0 bridgehead atoms. The third kappa shape index (κ3) is 5190. The Kier molecular flexibility index (Phi) is 41.1. The summed E-state index contributed by atoms with van der Waals surface area (Å²) in [7, 11) is -28.0. The molecule has 0 saturated heterocycles. The zero-order valence-corrected chi connectivity index (χ0v) is 17.6. The molecule has 0 aromatic heterocycles. The van der Waals surface area contributed by atoms with E-state index in [9.17, 15) is 0 Å². The van der Waals surface area contributed by atoms with Crippen LogP contribution in [0.4, 0.5) is 0 Å². The summed E-state index contributed by atoms with van der Waals surface area (Å²) in [5, 5.41) is 0. The molecule has 0 radical (unpaired) electrons. The first kappa shape index (κ1) is 55.1. The molecule has 196 valence electrons. The van der Waals surface area contributed by atoms with Crippen LogP contribution >= 0.6 is 0 Å². The van der Waals surface area contributed by atoms with Crippen LogP contribution < -0.4 is 0 Å². The second-order valence-corrected chi connectivity index (χ2v) is 8.06. The Hall–Kier alpha value is 2.49. The Morgan fingerprint density at radius 3 is 0.219 bits per heavy atom. The molecule has 0 aliphatic heterocycles. The monoisotopic (exact) mass is 668 g/mol. The van der Waals surface area contributed by atoms with Crippen molar-refractivity contribution >= 4 is 165 Å². The number of rotatable bonds is 0. The van der Waals surface area contributed by atoms with Crippen LogP contribution in [0.15, 0.2) is 0 Å². The van der Waals surface area contributed by atoms with Gasteiger partial charge < -0.3 is 0 Å². The summed E-state index contributed by atoms with van der Waals surface area (Å²) in [5.74, 6) is 0. The van der Waals surface area contributed by atoms with Crippen LogP contribution in [0.3, 0.4) is 0 Å². The van der Waals surface area contributed by atoms with Crippen molar-refractivity contribution in [3.05, 3.63) is 0 Å². The molecule has 0 heterocycles. The van der Waals surface area contributed by atoms with Gasteiger partial charge in [0.2, 0.25) is 0 Å². The Morgan fingerprint density at radius 2 is 0.219 bits per heavy atom. The van der Waals surface area contributed by atoms with Gasteiger partial charge in [0, 0.05) is 0 Å². The van der Waals surface area contributed by atoms with Crippen LogP contribution in [0, 0.1) is 0 Å². The molecule has 0 aliphatic carbocycles. The minimum absolute atomic E-state index is 0. The Labute approximate surface area is 265 Å². The van der Waals surface area contributed by atoms with E-state index in [1.54, 1.807) is 0 Å². The van der Waals surface area contributed by atoms with Gasteiger partial charge in [0.15, 0.2) is 0 Å². The zero-order chi connectivity index (χ0) is 27.0. The van der Waals surface area contributed by atoms with Crippen molar-refractivity contribution < 1.29 is 105 Å². The summed E-state index contributed by atoms with van der Waals surface area (Å²) in [4.78, 5) is 0. The fourth-order valence-electron chi connectivity index (χ4n) is 0. The molecule has 0 atom stereocenters. The van der Waals surface area contributed by atoms with Gasteiger partial charge in [-0.05, 0) is 0 Å². The van der Waals surface area contributed by atoms with E-state index in [-0.39, 0.29) is 103 Å². The first-order chi connectivity index (χ1) is 12.0. The fourth-order valence-corrected chi connectivity index (χ4v) is 0. The second kappa shape index (κ2) is 23.9. The van der Waals surface area contributed by atoms with Crippen molar-refractivity contribution in [1.82, 2.24) is 0 Å². The summed E-state index contributed by atoms with van der Waals surface area (Å²) in [6.07, 6.45) is 0. The molecule has 0 fully saturated rings. The molecule has 24 nitrogen and oxygen atoms in total. The van der Waals surface area contributed by atoms with E-state index in [2.05, 4.69) is 0 Å². The van der Waals surface area contributed by atoms with E-state index in [1.807, 2.05) is 0 Å². The van der Waals surface area contributed by atoms with Gasteiger partial charge in [-0.15, -0.1) is 0 Å². The van der Waals surface area contributed by atoms with Crippen LogP contribution in [-0.2, 0) is 62.4 Å². The van der Waals surface area contributed by atoms with Crippen molar-refractivity contribution in [2.75, 3.05) is 0 Å². The van der Waals surface area contributed by atoms with E-state index in [0.717, 1.165) is 0 Å². The standard InChI is InChI=1S/2K.6H2O4S.2H/c;;6*1-5(2,3)4;;/h;;6*(H2,1,2,3,4);;. The van der Waals surface area contributed by atoms with Gasteiger partial charge in [-0.3, -0.25) is 54.6 Å². The molecule has 12 N–H and O–H groups in total.